The van der Waals surface area contributed by atoms with Crippen LogP contribution in [-0.2, 0) is 13.0 Å². The highest BCUT2D eigenvalue weighted by Crippen LogP contribution is 2.26. The molecule has 1 unspecified atom stereocenters. The van der Waals surface area contributed by atoms with E-state index in [0.717, 1.165) is 35.7 Å². The van der Waals surface area contributed by atoms with Gasteiger partial charge in [-0.2, -0.15) is 5.10 Å². The third kappa shape index (κ3) is 2.43. The molecule has 0 aliphatic rings. The summed E-state index contributed by atoms with van der Waals surface area (Å²) in [5, 5.41) is 8.46. The molecule has 0 fully saturated rings. The largest absolute Gasteiger partial charge is 0.270 e. The quantitative estimate of drug-likeness (QED) is 0.607. The first kappa shape index (κ1) is 13.1. The Morgan fingerprint density at radius 1 is 1.50 bits per heavy atom. The Bertz CT molecular complexity index is 491. The van der Waals surface area contributed by atoms with E-state index in [0.29, 0.717) is 0 Å². The van der Waals surface area contributed by atoms with Crippen LogP contribution in [0.2, 0.25) is 0 Å². The number of aryl methyl sites for hydroxylation is 2. The van der Waals surface area contributed by atoms with Crippen molar-refractivity contribution >= 4 is 11.5 Å². The SMILES string of the molecule is CCCn1nccc1C(NN)c1snnc1CC. The summed E-state index contributed by atoms with van der Waals surface area (Å²) in [6.45, 7) is 5.08. The first-order valence-electron chi connectivity index (χ1n) is 6.10. The molecule has 0 spiro atoms. The van der Waals surface area contributed by atoms with E-state index in [2.05, 4.69) is 34.0 Å². The molecular weight excluding hydrogens is 248 g/mol. The van der Waals surface area contributed by atoms with Gasteiger partial charge < -0.3 is 0 Å². The zero-order chi connectivity index (χ0) is 13.0. The number of hydrogen-bond donors (Lipinski definition) is 2. The Kier molecular flexibility index (Phi) is 4.40. The topological polar surface area (TPSA) is 81.7 Å². The predicted molar refractivity (Wildman–Crippen MR) is 71.0 cm³/mol. The lowest BCUT2D eigenvalue weighted by Gasteiger charge is -2.16. The van der Waals surface area contributed by atoms with Crippen molar-refractivity contribution < 1.29 is 0 Å². The molecule has 2 aromatic rings. The molecule has 6 nitrogen and oxygen atoms in total. The number of hydrazine groups is 1. The van der Waals surface area contributed by atoms with E-state index in [1.807, 2.05) is 10.7 Å². The molecule has 0 radical (unpaired) electrons. The fourth-order valence-corrected chi connectivity index (χ4v) is 2.77. The smallest absolute Gasteiger partial charge is 0.100 e. The number of nitrogens with zero attached hydrogens (tertiary/aromatic N) is 4. The number of nitrogens with one attached hydrogen (secondary N) is 1. The molecule has 0 bridgehead atoms. The van der Waals surface area contributed by atoms with Crippen LogP contribution in [0.5, 0.6) is 0 Å². The summed E-state index contributed by atoms with van der Waals surface area (Å²) in [5.74, 6) is 5.70. The van der Waals surface area contributed by atoms with Crippen molar-refractivity contribution in [2.45, 2.75) is 39.3 Å². The molecule has 0 aromatic carbocycles. The van der Waals surface area contributed by atoms with Crippen LogP contribution in [-0.4, -0.2) is 19.4 Å². The van der Waals surface area contributed by atoms with Gasteiger partial charge in [0, 0.05) is 12.7 Å². The number of aromatic nitrogens is 4. The van der Waals surface area contributed by atoms with E-state index < -0.39 is 0 Å². The third-order valence-electron chi connectivity index (χ3n) is 2.83. The summed E-state index contributed by atoms with van der Waals surface area (Å²) >= 11 is 1.39. The molecule has 7 heteroatoms. The van der Waals surface area contributed by atoms with Crippen LogP contribution in [0.3, 0.4) is 0 Å². The van der Waals surface area contributed by atoms with Gasteiger partial charge in [-0.05, 0) is 30.4 Å². The van der Waals surface area contributed by atoms with E-state index in [1.165, 1.54) is 11.5 Å². The highest BCUT2D eigenvalue weighted by Gasteiger charge is 2.22. The Hall–Kier alpha value is -1.31. The first-order chi connectivity index (χ1) is 8.81. The van der Waals surface area contributed by atoms with E-state index in [1.54, 1.807) is 6.20 Å². The minimum Gasteiger partial charge on any atom is -0.270 e. The highest BCUT2D eigenvalue weighted by molar-refractivity contribution is 7.05. The van der Waals surface area contributed by atoms with Crippen LogP contribution < -0.4 is 11.3 Å². The lowest BCUT2D eigenvalue weighted by molar-refractivity contribution is 0.522. The maximum Gasteiger partial charge on any atom is 0.100 e. The fraction of sp³-hybridized carbons (Fsp3) is 0.545. The van der Waals surface area contributed by atoms with Crippen LogP contribution in [0.25, 0.3) is 0 Å². The van der Waals surface area contributed by atoms with Gasteiger partial charge in [-0.25, -0.2) is 5.43 Å². The summed E-state index contributed by atoms with van der Waals surface area (Å²) in [6, 6.07) is 1.90. The summed E-state index contributed by atoms with van der Waals surface area (Å²) < 4.78 is 5.99. The Balaban J connectivity index is 2.36. The molecule has 0 aliphatic heterocycles. The first-order valence-corrected chi connectivity index (χ1v) is 6.88. The normalized spacial score (nSPS) is 12.8. The second-order valence-corrected chi connectivity index (χ2v) is 4.80. The van der Waals surface area contributed by atoms with Crippen molar-refractivity contribution in [3.63, 3.8) is 0 Å². The third-order valence-corrected chi connectivity index (χ3v) is 3.66. The molecule has 1 atom stereocenters. The standard InChI is InChI=1S/C11H18N6S/c1-3-7-17-9(5-6-13-17)10(14-12)11-8(4-2)15-16-18-11/h5-6,10,14H,3-4,7,12H2,1-2H3. The number of hydrogen-bond acceptors (Lipinski definition) is 6. The van der Waals surface area contributed by atoms with Crippen LogP contribution in [0.1, 0.15) is 42.6 Å². The van der Waals surface area contributed by atoms with E-state index in [4.69, 9.17) is 5.84 Å². The lowest BCUT2D eigenvalue weighted by atomic mass is 10.1. The zero-order valence-electron chi connectivity index (χ0n) is 10.6. The summed E-state index contributed by atoms with van der Waals surface area (Å²) in [5.41, 5.74) is 4.90. The van der Waals surface area contributed by atoms with Gasteiger partial charge in [0.1, 0.15) is 6.04 Å². The second kappa shape index (κ2) is 6.03. The lowest BCUT2D eigenvalue weighted by Crippen LogP contribution is -2.30. The Morgan fingerprint density at radius 2 is 2.33 bits per heavy atom. The van der Waals surface area contributed by atoms with Crippen LogP contribution in [0.4, 0.5) is 0 Å². The molecule has 0 amide bonds. The summed E-state index contributed by atoms with van der Waals surface area (Å²) in [6.07, 6.45) is 3.69. The molecule has 2 heterocycles. The van der Waals surface area contributed by atoms with E-state index in [-0.39, 0.29) is 6.04 Å². The highest BCUT2D eigenvalue weighted by atomic mass is 32.1. The minimum atomic E-state index is -0.0889. The van der Waals surface area contributed by atoms with Crippen molar-refractivity contribution in [2.75, 3.05) is 0 Å². The summed E-state index contributed by atoms with van der Waals surface area (Å²) in [7, 11) is 0. The van der Waals surface area contributed by atoms with Gasteiger partial charge in [-0.3, -0.25) is 10.5 Å². The molecule has 0 saturated carbocycles. The maximum absolute atomic E-state index is 5.70. The van der Waals surface area contributed by atoms with Crippen molar-refractivity contribution in [3.8, 4) is 0 Å². The minimum absolute atomic E-state index is 0.0889. The van der Waals surface area contributed by atoms with Gasteiger partial charge >= 0.3 is 0 Å². The molecule has 2 aromatic heterocycles. The molecule has 2 rings (SSSR count). The summed E-state index contributed by atoms with van der Waals surface area (Å²) in [4.78, 5) is 1.07. The van der Waals surface area contributed by atoms with E-state index in [9.17, 15) is 0 Å². The van der Waals surface area contributed by atoms with Gasteiger partial charge in [-0.1, -0.05) is 18.3 Å². The van der Waals surface area contributed by atoms with Crippen LogP contribution in [0.15, 0.2) is 12.3 Å². The van der Waals surface area contributed by atoms with Gasteiger partial charge in [-0.15, -0.1) is 5.10 Å². The van der Waals surface area contributed by atoms with Gasteiger partial charge in [0.15, 0.2) is 0 Å². The van der Waals surface area contributed by atoms with Crippen molar-refractivity contribution in [1.82, 2.24) is 24.8 Å². The van der Waals surface area contributed by atoms with Gasteiger partial charge in [0.2, 0.25) is 0 Å². The van der Waals surface area contributed by atoms with Gasteiger partial charge in [0.25, 0.3) is 0 Å². The van der Waals surface area contributed by atoms with Crippen molar-refractivity contribution in [1.29, 1.82) is 0 Å². The second-order valence-electron chi connectivity index (χ2n) is 4.02. The fourth-order valence-electron chi connectivity index (χ4n) is 1.96. The zero-order valence-corrected chi connectivity index (χ0v) is 11.4. The molecule has 0 aliphatic carbocycles. The molecule has 3 N–H and O–H groups in total. The maximum atomic E-state index is 5.70. The Morgan fingerprint density at radius 3 is 3.00 bits per heavy atom. The van der Waals surface area contributed by atoms with Gasteiger partial charge in [0.05, 0.1) is 16.3 Å². The average Bonchev–Trinajstić information content (AvgIpc) is 3.01. The van der Waals surface area contributed by atoms with Crippen molar-refractivity contribution in [2.24, 2.45) is 5.84 Å². The van der Waals surface area contributed by atoms with Crippen LogP contribution >= 0.6 is 11.5 Å². The average molecular weight is 266 g/mol. The van der Waals surface area contributed by atoms with E-state index >= 15 is 0 Å². The number of rotatable bonds is 6. The molecule has 0 saturated heterocycles. The molecule has 98 valence electrons. The predicted octanol–water partition coefficient (Wildman–Crippen LogP) is 1.26. The van der Waals surface area contributed by atoms with Crippen molar-refractivity contribution in [3.05, 3.63) is 28.5 Å². The molecule has 18 heavy (non-hydrogen) atoms. The van der Waals surface area contributed by atoms with Crippen LogP contribution in [0, 0.1) is 0 Å². The number of nitrogens with two attached hydrogens (primary N) is 1. The Labute approximate surface area is 110 Å². The monoisotopic (exact) mass is 266 g/mol. The molecular formula is C11H18N6S.